The van der Waals surface area contributed by atoms with Crippen LogP contribution in [0.2, 0.25) is 5.02 Å². The van der Waals surface area contributed by atoms with Gasteiger partial charge in [0.15, 0.2) is 0 Å². The van der Waals surface area contributed by atoms with E-state index in [0.717, 1.165) is 69.3 Å². The first-order valence-electron chi connectivity index (χ1n) is 14.5. The zero-order valence-corrected chi connectivity index (χ0v) is 24.2. The van der Waals surface area contributed by atoms with Crippen molar-refractivity contribution in [3.8, 4) is 5.75 Å². The van der Waals surface area contributed by atoms with Gasteiger partial charge in [0.25, 0.3) is 5.91 Å². The Kier molecular flexibility index (Phi) is 7.85. The van der Waals surface area contributed by atoms with E-state index in [1.807, 2.05) is 30.4 Å². The van der Waals surface area contributed by atoms with Crippen LogP contribution in [0, 0.1) is 23.7 Å². The number of nitrogens with one attached hydrogen (secondary N) is 1. The molecule has 2 bridgehead atoms. The second-order valence-corrected chi connectivity index (χ2v) is 14.1. The van der Waals surface area contributed by atoms with Gasteiger partial charge in [-0.2, -0.15) is 0 Å². The third-order valence-corrected chi connectivity index (χ3v) is 10.9. The molecule has 4 aliphatic rings. The maximum absolute atomic E-state index is 13.2. The number of aliphatic hydroxyl groups is 1. The van der Waals surface area contributed by atoms with Crippen molar-refractivity contribution < 1.29 is 23.1 Å². The van der Waals surface area contributed by atoms with E-state index in [-0.39, 0.29) is 23.5 Å². The number of carbonyl (C=O) groups is 1. The van der Waals surface area contributed by atoms with E-state index in [0.29, 0.717) is 28.9 Å². The summed E-state index contributed by atoms with van der Waals surface area (Å²) in [6.45, 7) is 1.86. The summed E-state index contributed by atoms with van der Waals surface area (Å²) in [4.78, 5) is 15.5. The van der Waals surface area contributed by atoms with Crippen LogP contribution in [0.5, 0.6) is 5.75 Å². The molecule has 0 aromatic heterocycles. The molecule has 6 rings (SSSR count). The number of sulfonamides is 1. The van der Waals surface area contributed by atoms with Gasteiger partial charge in [-0.25, -0.2) is 13.1 Å². The Hall–Kier alpha value is -2.55. The van der Waals surface area contributed by atoms with Gasteiger partial charge in [0.1, 0.15) is 12.4 Å². The molecule has 2 heterocycles. The first kappa shape index (κ1) is 27.6. The van der Waals surface area contributed by atoms with Gasteiger partial charge in [-0.1, -0.05) is 29.8 Å². The number of ether oxygens (including phenoxy) is 1. The predicted molar refractivity (Wildman–Crippen MR) is 156 cm³/mol. The fraction of sp³-hybridized carbons (Fsp3) is 0.516. The molecular weight excluding hydrogens is 548 g/mol. The topological polar surface area (TPSA) is 95.9 Å². The van der Waals surface area contributed by atoms with Crippen molar-refractivity contribution in [1.82, 2.24) is 4.72 Å². The molecule has 7 nitrogen and oxygen atoms in total. The smallest absolute Gasteiger partial charge is 0.264 e. The van der Waals surface area contributed by atoms with Gasteiger partial charge in [-0.05, 0) is 110 Å². The number of fused-ring (bicyclic) bond motifs is 4. The van der Waals surface area contributed by atoms with E-state index < -0.39 is 22.0 Å². The van der Waals surface area contributed by atoms with Gasteiger partial charge in [0, 0.05) is 23.7 Å². The summed E-state index contributed by atoms with van der Waals surface area (Å²) in [5.74, 6) is 0.473. The van der Waals surface area contributed by atoms with E-state index in [9.17, 15) is 18.3 Å². The van der Waals surface area contributed by atoms with E-state index >= 15 is 0 Å². The van der Waals surface area contributed by atoms with Gasteiger partial charge >= 0.3 is 0 Å². The van der Waals surface area contributed by atoms with E-state index in [4.69, 9.17) is 16.3 Å². The minimum atomic E-state index is -3.81. The van der Waals surface area contributed by atoms with Crippen LogP contribution in [0.4, 0.5) is 5.69 Å². The third-order valence-electron chi connectivity index (χ3n) is 9.32. The quantitative estimate of drug-likeness (QED) is 0.418. The SMILES string of the molecule is O=C1NS(=O)(=O)C[C@H]2CC[C@@H]2/C=C/[C@H](O)[C@@H]2CC[C@H]2CN2CCCCc3cc(Cl)ccc3COc3ccc1cc32. The number of benzene rings is 2. The minimum Gasteiger partial charge on any atom is -0.487 e. The highest BCUT2D eigenvalue weighted by Crippen LogP contribution is 2.42. The average molecular weight is 585 g/mol. The average Bonchev–Trinajstić information content (AvgIpc) is 2.91. The van der Waals surface area contributed by atoms with Crippen LogP contribution >= 0.6 is 11.6 Å². The van der Waals surface area contributed by atoms with Gasteiger partial charge in [0.05, 0.1) is 17.5 Å². The van der Waals surface area contributed by atoms with Crippen LogP contribution in [0.3, 0.4) is 0 Å². The molecule has 5 atom stereocenters. The molecule has 2 aliphatic heterocycles. The van der Waals surface area contributed by atoms with Crippen molar-refractivity contribution in [2.24, 2.45) is 23.7 Å². The number of halogens is 1. The van der Waals surface area contributed by atoms with Crippen molar-refractivity contribution in [1.29, 1.82) is 0 Å². The zero-order chi connectivity index (χ0) is 27.9. The molecule has 2 saturated carbocycles. The van der Waals surface area contributed by atoms with Gasteiger partial charge < -0.3 is 14.7 Å². The molecule has 9 heteroatoms. The number of aliphatic hydroxyl groups excluding tert-OH is 1. The molecule has 2 fully saturated rings. The number of hydrogen-bond acceptors (Lipinski definition) is 6. The maximum atomic E-state index is 13.2. The van der Waals surface area contributed by atoms with Crippen LogP contribution < -0.4 is 14.4 Å². The van der Waals surface area contributed by atoms with Crippen molar-refractivity contribution >= 4 is 33.2 Å². The highest BCUT2D eigenvalue weighted by Gasteiger charge is 2.38. The maximum Gasteiger partial charge on any atom is 0.264 e. The molecule has 2 aliphatic carbocycles. The number of aryl methyl sites for hydroxylation is 1. The van der Waals surface area contributed by atoms with E-state index in [1.54, 1.807) is 18.2 Å². The number of rotatable bonds is 0. The second-order valence-electron chi connectivity index (χ2n) is 11.9. The predicted octanol–water partition coefficient (Wildman–Crippen LogP) is 5.10. The first-order valence-corrected chi connectivity index (χ1v) is 16.5. The monoisotopic (exact) mass is 584 g/mol. The lowest BCUT2D eigenvalue weighted by molar-refractivity contribution is 0.0455. The molecule has 0 unspecified atom stereocenters. The number of nitrogens with zero attached hydrogens (tertiary/aromatic N) is 1. The standard InChI is InChI=1S/C31H37ClN2O5S/c32-26-10-6-24-18-39-30-13-9-22-16-28(30)34(14-2-1-3-21(24)15-26)17-23-7-11-27(23)29(35)12-8-20-4-5-25(20)19-40(37,38)33-31(22)36/h6,8-10,12-13,15-16,20,23,25,27,29,35H,1-5,7,11,14,17-19H2,(H,33,36)/b12-8+/t20-,23+,25-,27-,29+/m1/s1. The largest absolute Gasteiger partial charge is 0.487 e. The molecule has 0 saturated heterocycles. The summed E-state index contributed by atoms with van der Waals surface area (Å²) in [6, 6.07) is 11.1. The van der Waals surface area contributed by atoms with Crippen LogP contribution in [-0.2, 0) is 23.1 Å². The van der Waals surface area contributed by atoms with Crippen molar-refractivity contribution in [2.75, 3.05) is 23.7 Å². The Bertz CT molecular complexity index is 1410. The minimum absolute atomic E-state index is 0.0482. The lowest BCUT2D eigenvalue weighted by Crippen LogP contribution is -2.44. The molecule has 214 valence electrons. The summed E-state index contributed by atoms with van der Waals surface area (Å²) >= 11 is 6.29. The number of anilines is 1. The second kappa shape index (κ2) is 11.4. The highest BCUT2D eigenvalue weighted by molar-refractivity contribution is 7.90. The van der Waals surface area contributed by atoms with E-state index in [1.165, 1.54) is 5.56 Å². The lowest BCUT2D eigenvalue weighted by Gasteiger charge is -2.43. The number of hydrogen-bond donors (Lipinski definition) is 2. The first-order chi connectivity index (χ1) is 19.3. The fourth-order valence-electron chi connectivity index (χ4n) is 6.61. The Morgan fingerprint density at radius 1 is 0.975 bits per heavy atom. The Balaban J connectivity index is 1.36. The third kappa shape index (κ3) is 5.90. The van der Waals surface area contributed by atoms with Crippen LogP contribution in [0.25, 0.3) is 0 Å². The Labute approximate surface area is 241 Å². The van der Waals surface area contributed by atoms with Gasteiger partial charge in [-0.15, -0.1) is 0 Å². The van der Waals surface area contributed by atoms with Crippen molar-refractivity contribution in [3.63, 3.8) is 0 Å². The molecular formula is C31H37ClN2O5S. The Morgan fingerprint density at radius 3 is 2.60 bits per heavy atom. The molecule has 40 heavy (non-hydrogen) atoms. The number of amides is 1. The van der Waals surface area contributed by atoms with Crippen molar-refractivity contribution in [3.05, 3.63) is 70.3 Å². The van der Waals surface area contributed by atoms with Crippen molar-refractivity contribution in [2.45, 2.75) is 57.7 Å². The Morgan fingerprint density at radius 2 is 1.82 bits per heavy atom. The fourth-order valence-corrected chi connectivity index (χ4v) is 8.27. The number of allylic oxidation sites excluding steroid dienone is 1. The summed E-state index contributed by atoms with van der Waals surface area (Å²) in [6.07, 6.45) is 9.84. The highest BCUT2D eigenvalue weighted by atomic mass is 35.5. The van der Waals surface area contributed by atoms with Crippen LogP contribution in [0.1, 0.15) is 60.0 Å². The molecule has 1 amide bonds. The van der Waals surface area contributed by atoms with Gasteiger partial charge in [0.2, 0.25) is 10.0 Å². The van der Waals surface area contributed by atoms with Crippen LogP contribution in [0.15, 0.2) is 48.6 Å². The molecule has 2 aromatic rings. The zero-order valence-electron chi connectivity index (χ0n) is 22.6. The summed E-state index contributed by atoms with van der Waals surface area (Å²) in [5, 5.41) is 11.8. The molecule has 0 spiro atoms. The molecule has 2 aromatic carbocycles. The lowest BCUT2D eigenvalue weighted by atomic mass is 9.69. The van der Waals surface area contributed by atoms with Gasteiger partial charge in [-0.3, -0.25) is 4.79 Å². The molecule has 2 N–H and O–H groups in total. The summed E-state index contributed by atoms with van der Waals surface area (Å²) < 4.78 is 34.5. The normalized spacial score (nSPS) is 30.9. The summed E-state index contributed by atoms with van der Waals surface area (Å²) in [5.41, 5.74) is 3.33. The van der Waals surface area contributed by atoms with E-state index in [2.05, 4.69) is 9.62 Å². The number of carbonyl (C=O) groups excluding carboxylic acids is 1. The molecule has 0 radical (unpaired) electrons. The summed E-state index contributed by atoms with van der Waals surface area (Å²) in [7, 11) is -3.81. The van der Waals surface area contributed by atoms with Crippen LogP contribution in [-0.4, -0.2) is 44.4 Å².